The Morgan fingerprint density at radius 3 is 2.43 bits per heavy atom. The summed E-state index contributed by atoms with van der Waals surface area (Å²) in [5, 5.41) is 8.00. The third-order valence-corrected chi connectivity index (χ3v) is 4.36. The highest BCUT2D eigenvalue weighted by Crippen LogP contribution is 2.29. The summed E-state index contributed by atoms with van der Waals surface area (Å²) in [7, 11) is 2.92. The molecular formula is C20H19F3N4O3. The molecule has 0 spiro atoms. The van der Waals surface area contributed by atoms with Crippen LogP contribution in [0.1, 0.15) is 23.6 Å². The van der Waals surface area contributed by atoms with E-state index in [2.05, 4.69) is 10.3 Å². The first kappa shape index (κ1) is 21.2. The minimum Gasteiger partial charge on any atom is -0.467 e. The van der Waals surface area contributed by atoms with E-state index >= 15 is 0 Å². The standard InChI is InChI=1S/C20H19F3N4O3/c1-13(14-8-10-16(11-9-14)20(21,22)23)25-30-12-15-6-4-5-7-17(15)27-18(29-3)24-26(2)19(27)28/h4-11H,12H2,1-3H3/b25-13+. The summed E-state index contributed by atoms with van der Waals surface area (Å²) in [5.41, 5.74) is 0.969. The second kappa shape index (κ2) is 8.44. The number of nitrogens with zero attached hydrogens (tertiary/aromatic N) is 4. The molecule has 30 heavy (non-hydrogen) atoms. The summed E-state index contributed by atoms with van der Waals surface area (Å²) < 4.78 is 45.7. The first-order chi connectivity index (χ1) is 14.2. The van der Waals surface area contributed by atoms with Crippen LogP contribution in [0.4, 0.5) is 13.2 Å². The maximum absolute atomic E-state index is 12.7. The fourth-order valence-corrected chi connectivity index (χ4v) is 2.78. The molecule has 10 heteroatoms. The number of oxime groups is 1. The first-order valence-electron chi connectivity index (χ1n) is 8.85. The Kier molecular flexibility index (Phi) is 5.95. The number of methoxy groups -OCH3 is 1. The Morgan fingerprint density at radius 2 is 1.80 bits per heavy atom. The Labute approximate surface area is 170 Å². The van der Waals surface area contributed by atoms with Gasteiger partial charge in [0, 0.05) is 12.6 Å². The minimum absolute atomic E-state index is 0.0264. The van der Waals surface area contributed by atoms with Crippen LogP contribution < -0.4 is 10.4 Å². The summed E-state index contributed by atoms with van der Waals surface area (Å²) in [4.78, 5) is 17.8. The largest absolute Gasteiger partial charge is 0.467 e. The normalized spacial score (nSPS) is 12.1. The number of aromatic nitrogens is 3. The topological polar surface area (TPSA) is 70.6 Å². The number of hydrogen-bond acceptors (Lipinski definition) is 5. The van der Waals surface area contributed by atoms with Crippen molar-refractivity contribution >= 4 is 5.71 Å². The van der Waals surface area contributed by atoms with Gasteiger partial charge in [-0.05, 0) is 30.7 Å². The summed E-state index contributed by atoms with van der Waals surface area (Å²) in [6, 6.07) is 11.8. The van der Waals surface area contributed by atoms with Crippen molar-refractivity contribution in [2.75, 3.05) is 7.11 Å². The number of para-hydroxylation sites is 1. The molecule has 0 atom stereocenters. The molecule has 0 bridgehead atoms. The number of hydrogen-bond donors (Lipinski definition) is 0. The third-order valence-electron chi connectivity index (χ3n) is 4.36. The molecule has 0 unspecified atom stereocenters. The van der Waals surface area contributed by atoms with Gasteiger partial charge in [-0.15, -0.1) is 5.10 Å². The monoisotopic (exact) mass is 420 g/mol. The lowest BCUT2D eigenvalue weighted by Crippen LogP contribution is -2.22. The lowest BCUT2D eigenvalue weighted by molar-refractivity contribution is -0.137. The predicted octanol–water partition coefficient (Wildman–Crippen LogP) is 3.54. The van der Waals surface area contributed by atoms with Crippen molar-refractivity contribution in [1.29, 1.82) is 0 Å². The van der Waals surface area contributed by atoms with Crippen molar-refractivity contribution in [2.45, 2.75) is 19.7 Å². The Hall–Kier alpha value is -3.56. The van der Waals surface area contributed by atoms with Gasteiger partial charge in [0.15, 0.2) is 0 Å². The van der Waals surface area contributed by atoms with E-state index < -0.39 is 11.7 Å². The maximum Gasteiger partial charge on any atom is 0.416 e. The second-order valence-corrected chi connectivity index (χ2v) is 6.38. The molecule has 1 heterocycles. The van der Waals surface area contributed by atoms with Crippen molar-refractivity contribution in [3.8, 4) is 11.7 Å². The van der Waals surface area contributed by atoms with Gasteiger partial charge < -0.3 is 9.57 Å². The van der Waals surface area contributed by atoms with Gasteiger partial charge in [0.05, 0.1) is 24.1 Å². The average Bonchev–Trinajstić information content (AvgIpc) is 3.01. The highest BCUT2D eigenvalue weighted by molar-refractivity contribution is 5.98. The molecule has 0 radical (unpaired) electrons. The van der Waals surface area contributed by atoms with Crippen molar-refractivity contribution < 1.29 is 22.7 Å². The van der Waals surface area contributed by atoms with Crippen molar-refractivity contribution in [1.82, 2.24) is 14.3 Å². The summed E-state index contributed by atoms with van der Waals surface area (Å²) in [5.74, 6) is 0. The van der Waals surface area contributed by atoms with Crippen LogP contribution in [-0.2, 0) is 24.7 Å². The van der Waals surface area contributed by atoms with Crippen LogP contribution in [-0.4, -0.2) is 27.2 Å². The second-order valence-electron chi connectivity index (χ2n) is 6.38. The molecule has 158 valence electrons. The maximum atomic E-state index is 12.7. The van der Waals surface area contributed by atoms with Gasteiger partial charge >= 0.3 is 17.9 Å². The quantitative estimate of drug-likeness (QED) is 0.452. The molecule has 0 N–H and O–H groups in total. The van der Waals surface area contributed by atoms with Gasteiger partial charge in [-0.2, -0.15) is 13.2 Å². The van der Waals surface area contributed by atoms with Crippen LogP contribution in [0, 0.1) is 0 Å². The van der Waals surface area contributed by atoms with Gasteiger partial charge in [-0.1, -0.05) is 35.5 Å². The van der Waals surface area contributed by atoms with Crippen LogP contribution in [0.25, 0.3) is 5.69 Å². The van der Waals surface area contributed by atoms with Crippen molar-refractivity contribution in [3.63, 3.8) is 0 Å². The van der Waals surface area contributed by atoms with Crippen LogP contribution in [0.5, 0.6) is 6.01 Å². The summed E-state index contributed by atoms with van der Waals surface area (Å²) in [6.45, 7) is 1.65. The molecule has 0 saturated carbocycles. The van der Waals surface area contributed by atoms with E-state index in [0.29, 0.717) is 22.5 Å². The number of aryl methyl sites for hydroxylation is 1. The van der Waals surface area contributed by atoms with Gasteiger partial charge in [-0.3, -0.25) is 0 Å². The fourth-order valence-electron chi connectivity index (χ4n) is 2.78. The van der Waals surface area contributed by atoms with E-state index in [4.69, 9.17) is 9.57 Å². The number of halogens is 3. The zero-order valence-electron chi connectivity index (χ0n) is 16.5. The molecule has 1 aromatic heterocycles. The van der Waals surface area contributed by atoms with Crippen LogP contribution in [0.15, 0.2) is 58.5 Å². The minimum atomic E-state index is -4.39. The van der Waals surface area contributed by atoms with Gasteiger partial charge in [0.2, 0.25) is 0 Å². The Morgan fingerprint density at radius 1 is 1.13 bits per heavy atom. The smallest absolute Gasteiger partial charge is 0.416 e. The molecule has 7 nitrogen and oxygen atoms in total. The van der Waals surface area contributed by atoms with Gasteiger partial charge in [-0.25, -0.2) is 14.0 Å². The Balaban J connectivity index is 1.80. The number of benzene rings is 2. The average molecular weight is 420 g/mol. The molecule has 2 aromatic carbocycles. The van der Waals surface area contributed by atoms with Crippen LogP contribution in [0.2, 0.25) is 0 Å². The van der Waals surface area contributed by atoms with E-state index in [-0.39, 0.29) is 18.3 Å². The first-order valence-corrected chi connectivity index (χ1v) is 8.85. The van der Waals surface area contributed by atoms with Gasteiger partial charge in [0.1, 0.15) is 6.61 Å². The molecule has 0 saturated heterocycles. The zero-order valence-corrected chi connectivity index (χ0v) is 16.5. The number of ether oxygens (including phenoxy) is 1. The highest BCUT2D eigenvalue weighted by atomic mass is 19.4. The highest BCUT2D eigenvalue weighted by Gasteiger charge is 2.30. The van der Waals surface area contributed by atoms with Crippen molar-refractivity contribution in [2.24, 2.45) is 12.2 Å². The zero-order chi connectivity index (χ0) is 21.9. The Bertz CT molecular complexity index is 1120. The van der Waals surface area contributed by atoms with E-state index in [1.165, 1.54) is 30.9 Å². The fraction of sp³-hybridized carbons (Fsp3) is 0.250. The molecule has 0 aliphatic rings. The molecular weight excluding hydrogens is 401 g/mol. The van der Waals surface area contributed by atoms with Crippen molar-refractivity contribution in [3.05, 3.63) is 75.7 Å². The van der Waals surface area contributed by atoms with Gasteiger partial charge in [0.25, 0.3) is 0 Å². The summed E-state index contributed by atoms with van der Waals surface area (Å²) in [6.07, 6.45) is -4.39. The molecule has 0 fully saturated rings. The molecule has 0 amide bonds. The van der Waals surface area contributed by atoms with E-state index in [0.717, 1.165) is 16.8 Å². The third kappa shape index (κ3) is 4.37. The van der Waals surface area contributed by atoms with Crippen LogP contribution in [0.3, 0.4) is 0 Å². The molecule has 0 aliphatic heterocycles. The lowest BCUT2D eigenvalue weighted by Gasteiger charge is -2.10. The molecule has 3 aromatic rings. The SMILES string of the molecule is COc1nn(C)c(=O)n1-c1ccccc1CO/N=C(\C)c1ccc(C(F)(F)F)cc1. The lowest BCUT2D eigenvalue weighted by atomic mass is 10.1. The van der Waals surface area contributed by atoms with E-state index in [1.807, 2.05) is 0 Å². The number of alkyl halides is 3. The molecule has 3 rings (SSSR count). The summed E-state index contributed by atoms with van der Waals surface area (Å²) >= 11 is 0. The number of rotatable bonds is 6. The predicted molar refractivity (Wildman–Crippen MR) is 104 cm³/mol. The van der Waals surface area contributed by atoms with E-state index in [1.54, 1.807) is 31.2 Å². The molecule has 0 aliphatic carbocycles. The van der Waals surface area contributed by atoms with Crippen LogP contribution >= 0.6 is 0 Å². The van der Waals surface area contributed by atoms with E-state index in [9.17, 15) is 18.0 Å².